The third-order valence-corrected chi connectivity index (χ3v) is 3.04. The molecule has 2 atom stereocenters. The highest BCUT2D eigenvalue weighted by Crippen LogP contribution is 2.34. The molecule has 1 heterocycles. The monoisotopic (exact) mass is 252 g/mol. The van der Waals surface area contributed by atoms with E-state index in [2.05, 4.69) is 31.1 Å². The molecule has 0 saturated carbocycles. The normalized spacial score (nSPS) is 15.2. The molecule has 0 bridgehead atoms. The van der Waals surface area contributed by atoms with Crippen LogP contribution in [-0.2, 0) is 4.74 Å². The zero-order valence-electron chi connectivity index (χ0n) is 12.2. The summed E-state index contributed by atoms with van der Waals surface area (Å²) in [6, 6.07) is 3.78. The van der Waals surface area contributed by atoms with E-state index >= 15 is 0 Å². The van der Waals surface area contributed by atoms with Gasteiger partial charge in [-0.15, -0.1) is 0 Å². The Morgan fingerprint density at radius 1 is 1.28 bits per heavy atom. The number of hydrogen-bond acceptors (Lipinski definition) is 4. The van der Waals surface area contributed by atoms with Gasteiger partial charge in [-0.2, -0.15) is 0 Å². The van der Waals surface area contributed by atoms with Crippen molar-refractivity contribution in [3.63, 3.8) is 0 Å². The lowest BCUT2D eigenvalue weighted by molar-refractivity contribution is -0.0117. The lowest BCUT2D eigenvalue weighted by Crippen LogP contribution is -2.40. The standard InChI is InChI=1S/C14H24N2O2/c1-14(2,3)13(18-6)12(15-4)11-10(17-5)8-7-9-16-11/h7-9,12-13,15H,1-6H3. The summed E-state index contributed by atoms with van der Waals surface area (Å²) in [6.07, 6.45) is 1.78. The van der Waals surface area contributed by atoms with Crippen molar-refractivity contribution < 1.29 is 9.47 Å². The number of hydrogen-bond donors (Lipinski definition) is 1. The molecule has 18 heavy (non-hydrogen) atoms. The minimum Gasteiger partial charge on any atom is -0.495 e. The quantitative estimate of drug-likeness (QED) is 0.874. The fourth-order valence-corrected chi connectivity index (χ4v) is 2.23. The van der Waals surface area contributed by atoms with Gasteiger partial charge >= 0.3 is 0 Å². The Kier molecular flexibility index (Phi) is 5.11. The molecule has 4 heteroatoms. The molecule has 1 N–H and O–H groups in total. The van der Waals surface area contributed by atoms with E-state index in [-0.39, 0.29) is 17.6 Å². The van der Waals surface area contributed by atoms with Gasteiger partial charge in [0.05, 0.1) is 19.3 Å². The Morgan fingerprint density at radius 2 is 1.94 bits per heavy atom. The molecule has 0 aliphatic carbocycles. The molecule has 2 unspecified atom stereocenters. The summed E-state index contributed by atoms with van der Waals surface area (Å²) in [5.74, 6) is 0.781. The van der Waals surface area contributed by atoms with E-state index in [1.165, 1.54) is 0 Å². The first-order valence-electron chi connectivity index (χ1n) is 6.14. The summed E-state index contributed by atoms with van der Waals surface area (Å²) in [5, 5.41) is 3.28. The lowest BCUT2D eigenvalue weighted by Gasteiger charge is -2.35. The number of nitrogens with zero attached hydrogens (tertiary/aromatic N) is 1. The van der Waals surface area contributed by atoms with Gasteiger partial charge < -0.3 is 14.8 Å². The van der Waals surface area contributed by atoms with Gasteiger partial charge in [0.2, 0.25) is 0 Å². The van der Waals surface area contributed by atoms with Gasteiger partial charge in [-0.25, -0.2) is 0 Å². The molecule has 0 fully saturated rings. The van der Waals surface area contributed by atoms with E-state index in [1.54, 1.807) is 20.4 Å². The molecule has 1 rings (SSSR count). The van der Waals surface area contributed by atoms with Crippen LogP contribution in [0.5, 0.6) is 5.75 Å². The van der Waals surface area contributed by atoms with E-state index in [0.717, 1.165) is 11.4 Å². The molecule has 102 valence electrons. The van der Waals surface area contributed by atoms with Crippen LogP contribution < -0.4 is 10.1 Å². The smallest absolute Gasteiger partial charge is 0.142 e. The Balaban J connectivity index is 3.16. The Morgan fingerprint density at radius 3 is 2.39 bits per heavy atom. The van der Waals surface area contributed by atoms with Crippen LogP contribution >= 0.6 is 0 Å². The minimum absolute atomic E-state index is 0.00492. The molecule has 0 aliphatic heterocycles. The van der Waals surface area contributed by atoms with Crippen molar-refractivity contribution in [1.82, 2.24) is 10.3 Å². The van der Waals surface area contributed by atoms with Gasteiger partial charge in [0.25, 0.3) is 0 Å². The number of likely N-dealkylation sites (N-methyl/N-ethyl adjacent to an activating group) is 1. The highest BCUT2D eigenvalue weighted by molar-refractivity contribution is 5.30. The van der Waals surface area contributed by atoms with Crippen LogP contribution in [0.3, 0.4) is 0 Å². The average molecular weight is 252 g/mol. The van der Waals surface area contributed by atoms with Gasteiger partial charge in [0, 0.05) is 13.3 Å². The second-order valence-electron chi connectivity index (χ2n) is 5.38. The van der Waals surface area contributed by atoms with E-state index < -0.39 is 0 Å². The SMILES string of the molecule is CNC(c1ncccc1OC)C(OC)C(C)(C)C. The summed E-state index contributed by atoms with van der Waals surface area (Å²) in [4.78, 5) is 4.44. The van der Waals surface area contributed by atoms with Crippen LogP contribution in [0.4, 0.5) is 0 Å². The van der Waals surface area contributed by atoms with Crippen LogP contribution in [0, 0.1) is 5.41 Å². The zero-order chi connectivity index (χ0) is 13.8. The molecule has 0 saturated heterocycles. The van der Waals surface area contributed by atoms with Gasteiger partial charge in [0.1, 0.15) is 11.4 Å². The van der Waals surface area contributed by atoms with E-state index in [9.17, 15) is 0 Å². The number of ether oxygens (including phenoxy) is 2. The first kappa shape index (κ1) is 14.9. The van der Waals surface area contributed by atoms with Gasteiger partial charge in [0.15, 0.2) is 0 Å². The molecule has 1 aromatic heterocycles. The fraction of sp³-hybridized carbons (Fsp3) is 0.643. The van der Waals surface area contributed by atoms with Crippen LogP contribution in [0.2, 0.25) is 0 Å². The largest absolute Gasteiger partial charge is 0.495 e. The van der Waals surface area contributed by atoms with Gasteiger partial charge in [-0.1, -0.05) is 20.8 Å². The highest BCUT2D eigenvalue weighted by atomic mass is 16.5. The van der Waals surface area contributed by atoms with Crippen molar-refractivity contribution in [2.45, 2.75) is 32.9 Å². The molecule has 4 nitrogen and oxygen atoms in total. The first-order chi connectivity index (χ1) is 8.45. The predicted molar refractivity (Wildman–Crippen MR) is 72.8 cm³/mol. The van der Waals surface area contributed by atoms with Crippen molar-refractivity contribution in [2.24, 2.45) is 5.41 Å². The van der Waals surface area contributed by atoms with Gasteiger partial charge in [-0.05, 0) is 24.6 Å². The predicted octanol–water partition coefficient (Wildman–Crippen LogP) is 2.41. The Bertz CT molecular complexity index is 374. The fourth-order valence-electron chi connectivity index (χ4n) is 2.23. The maximum absolute atomic E-state index is 5.66. The molecule has 1 aromatic rings. The zero-order valence-corrected chi connectivity index (χ0v) is 12.2. The first-order valence-corrected chi connectivity index (χ1v) is 6.14. The maximum Gasteiger partial charge on any atom is 0.142 e. The number of rotatable bonds is 5. The molecule has 0 radical (unpaired) electrons. The average Bonchev–Trinajstić information content (AvgIpc) is 2.34. The maximum atomic E-state index is 5.66. The lowest BCUT2D eigenvalue weighted by atomic mass is 9.83. The van der Waals surface area contributed by atoms with Crippen molar-refractivity contribution in [2.75, 3.05) is 21.3 Å². The topological polar surface area (TPSA) is 43.4 Å². The molecular weight excluding hydrogens is 228 g/mol. The number of aromatic nitrogens is 1. The third kappa shape index (κ3) is 3.21. The van der Waals surface area contributed by atoms with Crippen molar-refractivity contribution >= 4 is 0 Å². The number of methoxy groups -OCH3 is 2. The van der Waals surface area contributed by atoms with Crippen molar-refractivity contribution in [1.29, 1.82) is 0 Å². The second kappa shape index (κ2) is 6.16. The molecule has 0 spiro atoms. The van der Waals surface area contributed by atoms with Gasteiger partial charge in [-0.3, -0.25) is 4.98 Å². The Labute approximate surface area is 110 Å². The number of pyridine rings is 1. The third-order valence-electron chi connectivity index (χ3n) is 3.04. The summed E-state index contributed by atoms with van der Waals surface area (Å²) < 4.78 is 11.0. The summed E-state index contributed by atoms with van der Waals surface area (Å²) in [6.45, 7) is 6.46. The van der Waals surface area contributed by atoms with Crippen molar-refractivity contribution in [3.05, 3.63) is 24.0 Å². The summed E-state index contributed by atoms with van der Waals surface area (Å²) >= 11 is 0. The second-order valence-corrected chi connectivity index (χ2v) is 5.38. The van der Waals surface area contributed by atoms with Crippen LogP contribution in [0.1, 0.15) is 32.5 Å². The Hall–Kier alpha value is -1.13. The van der Waals surface area contributed by atoms with Crippen LogP contribution in [-0.4, -0.2) is 32.4 Å². The van der Waals surface area contributed by atoms with E-state index in [1.807, 2.05) is 19.2 Å². The molecule has 0 amide bonds. The van der Waals surface area contributed by atoms with E-state index in [0.29, 0.717) is 0 Å². The summed E-state index contributed by atoms with van der Waals surface area (Å²) in [7, 11) is 5.30. The molecule has 0 aromatic carbocycles. The molecule has 0 aliphatic rings. The van der Waals surface area contributed by atoms with Crippen molar-refractivity contribution in [3.8, 4) is 5.75 Å². The van der Waals surface area contributed by atoms with Crippen LogP contribution in [0.25, 0.3) is 0 Å². The minimum atomic E-state index is -0.00819. The van der Waals surface area contributed by atoms with E-state index in [4.69, 9.17) is 9.47 Å². The molecular formula is C14H24N2O2. The number of nitrogens with one attached hydrogen (secondary N) is 1. The summed E-state index contributed by atoms with van der Waals surface area (Å²) in [5.41, 5.74) is 0.884. The highest BCUT2D eigenvalue weighted by Gasteiger charge is 2.34. The van der Waals surface area contributed by atoms with Crippen LogP contribution in [0.15, 0.2) is 18.3 Å².